The van der Waals surface area contributed by atoms with Crippen LogP contribution in [-0.2, 0) is 6.42 Å². The summed E-state index contributed by atoms with van der Waals surface area (Å²) in [5.41, 5.74) is 2.93. The van der Waals surface area contributed by atoms with Gasteiger partial charge in [0.25, 0.3) is 5.91 Å². The normalized spacial score (nSPS) is 19.9. The fourth-order valence-electron chi connectivity index (χ4n) is 4.48. The van der Waals surface area contributed by atoms with Gasteiger partial charge in [0.05, 0.1) is 7.11 Å². The van der Waals surface area contributed by atoms with Crippen LogP contribution in [0.4, 0.5) is 5.82 Å². The second-order valence-corrected chi connectivity index (χ2v) is 8.02. The van der Waals surface area contributed by atoms with Crippen LogP contribution in [0.5, 0.6) is 5.75 Å². The quantitative estimate of drug-likeness (QED) is 0.886. The Hall–Kier alpha value is -2.63. The van der Waals surface area contributed by atoms with Gasteiger partial charge in [0.15, 0.2) is 0 Å². The summed E-state index contributed by atoms with van der Waals surface area (Å²) in [7, 11) is 1.74. The Labute approximate surface area is 165 Å². The maximum atomic E-state index is 12.4. The molecule has 1 aromatic carbocycles. The van der Waals surface area contributed by atoms with Gasteiger partial charge in [-0.3, -0.25) is 4.79 Å². The Morgan fingerprint density at radius 2 is 1.86 bits per heavy atom. The molecule has 0 unspecified atom stereocenters. The van der Waals surface area contributed by atoms with E-state index in [9.17, 15) is 4.79 Å². The minimum atomic E-state index is -0.0456. The van der Waals surface area contributed by atoms with Crippen LogP contribution in [0.3, 0.4) is 0 Å². The molecule has 6 heteroatoms. The minimum absolute atomic E-state index is 0.0456. The van der Waals surface area contributed by atoms with E-state index in [0.29, 0.717) is 24.1 Å². The molecule has 0 radical (unpaired) electrons. The number of rotatable bonds is 4. The SMILES string of the molecule is COc1ccccc1C1CCN(c2nc(C3CC3)nc3c2CCNC3=O)CC1. The first-order valence-corrected chi connectivity index (χ1v) is 10.3. The molecule has 28 heavy (non-hydrogen) atoms. The van der Waals surface area contributed by atoms with Gasteiger partial charge in [-0.1, -0.05) is 18.2 Å². The molecule has 3 aliphatic rings. The van der Waals surface area contributed by atoms with Gasteiger partial charge in [0.2, 0.25) is 0 Å². The lowest BCUT2D eigenvalue weighted by Gasteiger charge is -2.35. The van der Waals surface area contributed by atoms with E-state index < -0.39 is 0 Å². The van der Waals surface area contributed by atoms with Gasteiger partial charge in [-0.25, -0.2) is 9.97 Å². The van der Waals surface area contributed by atoms with E-state index in [0.717, 1.165) is 68.1 Å². The van der Waals surface area contributed by atoms with Crippen LogP contribution in [0, 0.1) is 0 Å². The number of anilines is 1. The summed E-state index contributed by atoms with van der Waals surface area (Å²) >= 11 is 0. The van der Waals surface area contributed by atoms with Gasteiger partial charge in [-0.05, 0) is 49.7 Å². The van der Waals surface area contributed by atoms with E-state index in [4.69, 9.17) is 9.72 Å². The van der Waals surface area contributed by atoms with Gasteiger partial charge in [-0.2, -0.15) is 0 Å². The predicted octanol–water partition coefficient (Wildman–Crippen LogP) is 3.03. The van der Waals surface area contributed by atoms with Crippen LogP contribution in [0.2, 0.25) is 0 Å². The topological polar surface area (TPSA) is 67.3 Å². The zero-order valence-electron chi connectivity index (χ0n) is 16.3. The third-order valence-electron chi connectivity index (χ3n) is 6.19. The lowest BCUT2D eigenvalue weighted by atomic mass is 9.88. The van der Waals surface area contributed by atoms with E-state index in [-0.39, 0.29) is 5.91 Å². The zero-order chi connectivity index (χ0) is 19.1. The van der Waals surface area contributed by atoms with Crippen molar-refractivity contribution < 1.29 is 9.53 Å². The standard InChI is InChI=1S/C22H26N4O2/c1-28-18-5-3-2-4-16(18)14-9-12-26(13-10-14)21-17-8-11-23-22(27)19(17)24-20(25-21)15-6-7-15/h2-5,14-15H,6-13H2,1H3,(H,23,27). The van der Waals surface area contributed by atoms with Gasteiger partial charge in [-0.15, -0.1) is 0 Å². The van der Waals surface area contributed by atoms with Crippen LogP contribution in [0.1, 0.15) is 65.0 Å². The Balaban J connectivity index is 1.41. The first-order valence-electron chi connectivity index (χ1n) is 10.3. The Morgan fingerprint density at radius 3 is 2.61 bits per heavy atom. The molecule has 1 saturated heterocycles. The molecule has 1 N–H and O–H groups in total. The number of carbonyl (C=O) groups excluding carboxylic acids is 1. The molecule has 0 spiro atoms. The van der Waals surface area contributed by atoms with Crippen molar-refractivity contribution in [2.75, 3.05) is 31.6 Å². The van der Waals surface area contributed by atoms with Gasteiger partial charge >= 0.3 is 0 Å². The lowest BCUT2D eigenvalue weighted by molar-refractivity contribution is 0.0940. The highest BCUT2D eigenvalue weighted by molar-refractivity contribution is 5.96. The van der Waals surface area contributed by atoms with E-state index in [2.05, 4.69) is 27.3 Å². The Bertz CT molecular complexity index is 901. The van der Waals surface area contributed by atoms with Crippen molar-refractivity contribution in [3.8, 4) is 5.75 Å². The van der Waals surface area contributed by atoms with E-state index >= 15 is 0 Å². The molecule has 6 nitrogen and oxygen atoms in total. The molecule has 2 aliphatic heterocycles. The number of ether oxygens (including phenoxy) is 1. The average molecular weight is 378 g/mol. The number of nitrogens with zero attached hydrogens (tertiary/aromatic N) is 3. The number of para-hydroxylation sites is 1. The largest absolute Gasteiger partial charge is 0.496 e. The fourth-order valence-corrected chi connectivity index (χ4v) is 4.48. The third-order valence-corrected chi connectivity index (χ3v) is 6.19. The lowest BCUT2D eigenvalue weighted by Crippen LogP contribution is -2.38. The molecule has 146 valence electrons. The highest BCUT2D eigenvalue weighted by Crippen LogP contribution is 2.41. The van der Waals surface area contributed by atoms with E-state index in [1.54, 1.807) is 7.11 Å². The van der Waals surface area contributed by atoms with Gasteiger partial charge < -0.3 is 15.0 Å². The summed E-state index contributed by atoms with van der Waals surface area (Å²) in [5, 5.41) is 2.93. The van der Waals surface area contributed by atoms with Crippen LogP contribution < -0.4 is 15.0 Å². The van der Waals surface area contributed by atoms with Crippen LogP contribution in [0.25, 0.3) is 0 Å². The van der Waals surface area contributed by atoms with Crippen molar-refractivity contribution in [1.82, 2.24) is 15.3 Å². The molecule has 1 amide bonds. The van der Waals surface area contributed by atoms with Crippen molar-refractivity contribution in [3.05, 3.63) is 46.9 Å². The molecule has 0 bridgehead atoms. The van der Waals surface area contributed by atoms with Crippen molar-refractivity contribution in [1.29, 1.82) is 0 Å². The molecular weight excluding hydrogens is 352 g/mol. The summed E-state index contributed by atoms with van der Waals surface area (Å²) in [5.74, 6) is 3.72. The third kappa shape index (κ3) is 3.11. The van der Waals surface area contributed by atoms with Gasteiger partial charge in [0, 0.05) is 31.1 Å². The number of amides is 1. The van der Waals surface area contributed by atoms with E-state index in [1.807, 2.05) is 12.1 Å². The summed E-state index contributed by atoms with van der Waals surface area (Å²) in [6.07, 6.45) is 5.20. The minimum Gasteiger partial charge on any atom is -0.496 e. The maximum absolute atomic E-state index is 12.4. The highest BCUT2D eigenvalue weighted by Gasteiger charge is 2.33. The number of hydrogen-bond acceptors (Lipinski definition) is 5. The second kappa shape index (κ2) is 7.08. The number of nitrogens with one attached hydrogen (secondary N) is 1. The Kier molecular flexibility index (Phi) is 4.41. The average Bonchev–Trinajstić information content (AvgIpc) is 3.59. The van der Waals surface area contributed by atoms with Crippen molar-refractivity contribution in [2.24, 2.45) is 0 Å². The monoisotopic (exact) mass is 378 g/mol. The van der Waals surface area contributed by atoms with Crippen molar-refractivity contribution in [2.45, 2.75) is 43.9 Å². The second-order valence-electron chi connectivity index (χ2n) is 8.02. The summed E-state index contributed by atoms with van der Waals surface area (Å²) in [6, 6.07) is 8.34. The molecule has 1 aliphatic carbocycles. The molecule has 1 saturated carbocycles. The fraction of sp³-hybridized carbons (Fsp3) is 0.500. The molecule has 5 rings (SSSR count). The van der Waals surface area contributed by atoms with Crippen LogP contribution in [0.15, 0.2) is 24.3 Å². The summed E-state index contributed by atoms with van der Waals surface area (Å²) in [4.78, 5) is 24.3. The van der Waals surface area contributed by atoms with Crippen LogP contribution in [-0.4, -0.2) is 42.6 Å². The number of methoxy groups -OCH3 is 1. The first-order chi connectivity index (χ1) is 13.7. The molecule has 0 atom stereocenters. The predicted molar refractivity (Wildman–Crippen MR) is 107 cm³/mol. The number of carbonyl (C=O) groups is 1. The number of piperidine rings is 1. The molecule has 1 aromatic heterocycles. The van der Waals surface area contributed by atoms with E-state index in [1.165, 1.54) is 5.56 Å². The maximum Gasteiger partial charge on any atom is 0.270 e. The molecular formula is C22H26N4O2. The smallest absolute Gasteiger partial charge is 0.270 e. The Morgan fingerprint density at radius 1 is 1.07 bits per heavy atom. The molecule has 2 fully saturated rings. The number of fused-ring (bicyclic) bond motifs is 1. The zero-order valence-corrected chi connectivity index (χ0v) is 16.3. The van der Waals surface area contributed by atoms with Crippen molar-refractivity contribution >= 4 is 11.7 Å². The first kappa shape index (κ1) is 17.5. The van der Waals surface area contributed by atoms with Crippen molar-refractivity contribution in [3.63, 3.8) is 0 Å². The van der Waals surface area contributed by atoms with Crippen LogP contribution >= 0.6 is 0 Å². The molecule has 3 heterocycles. The summed E-state index contributed by atoms with van der Waals surface area (Å²) in [6.45, 7) is 2.55. The number of benzene rings is 1. The highest BCUT2D eigenvalue weighted by atomic mass is 16.5. The molecule has 2 aromatic rings. The summed E-state index contributed by atoms with van der Waals surface area (Å²) < 4.78 is 5.57. The van der Waals surface area contributed by atoms with Gasteiger partial charge in [0.1, 0.15) is 23.1 Å². The number of hydrogen-bond donors (Lipinski definition) is 1. The number of aromatic nitrogens is 2.